The Morgan fingerprint density at radius 2 is 1.88 bits per heavy atom. The van der Waals surface area contributed by atoms with Gasteiger partial charge >= 0.3 is 12.1 Å². The maximum absolute atomic E-state index is 12.3. The van der Waals surface area contributed by atoms with Gasteiger partial charge in [-0.3, -0.25) is 0 Å². The highest BCUT2D eigenvalue weighted by molar-refractivity contribution is 5.81. The second-order valence-corrected chi connectivity index (χ2v) is 7.46. The van der Waals surface area contributed by atoms with Crippen LogP contribution in [0.25, 0.3) is 0 Å². The fraction of sp³-hybridized carbons (Fsp3) is 0.722. The summed E-state index contributed by atoms with van der Waals surface area (Å²) in [6.07, 6.45) is 6.14. The van der Waals surface area contributed by atoms with E-state index in [0.29, 0.717) is 6.42 Å². The van der Waals surface area contributed by atoms with Crippen LogP contribution >= 0.6 is 0 Å². The molecule has 1 saturated carbocycles. The molecule has 0 aromatic heterocycles. The molecule has 7 heteroatoms. The zero-order chi connectivity index (χ0) is 19.1. The molecule has 0 radical (unpaired) electrons. The van der Waals surface area contributed by atoms with Crippen molar-refractivity contribution in [2.24, 2.45) is 10.4 Å². The molecule has 2 atom stereocenters. The quantitative estimate of drug-likeness (QED) is 0.241. The Kier molecular flexibility index (Phi) is 7.37. The molecule has 1 aliphatic carbocycles. The number of hydrogen-bond acceptors (Lipinski definition) is 6. The van der Waals surface area contributed by atoms with Crippen LogP contribution in [0.2, 0.25) is 0 Å². The van der Waals surface area contributed by atoms with Crippen LogP contribution in [0.3, 0.4) is 0 Å². The molecule has 1 rings (SSSR count). The monoisotopic (exact) mass is 352 g/mol. The minimum absolute atomic E-state index is 0.00300. The Labute approximate surface area is 149 Å². The molecule has 7 nitrogen and oxygen atoms in total. The third-order valence-corrected chi connectivity index (χ3v) is 4.50. The molecular formula is C18H28N2O5. The van der Waals surface area contributed by atoms with Crippen LogP contribution in [0.1, 0.15) is 47.0 Å². The molecule has 0 bridgehead atoms. The molecule has 2 unspecified atom stereocenters. The Balaban J connectivity index is 2.63. The molecule has 0 spiro atoms. The van der Waals surface area contributed by atoms with Crippen molar-refractivity contribution in [1.82, 2.24) is 4.90 Å². The van der Waals surface area contributed by atoms with Crippen LogP contribution in [0.4, 0.5) is 4.79 Å². The Morgan fingerprint density at radius 1 is 1.24 bits per heavy atom. The topological polar surface area (TPSA) is 85.3 Å². The Bertz CT molecular complexity index is 566. The van der Waals surface area contributed by atoms with Gasteiger partial charge in [-0.1, -0.05) is 19.9 Å². The van der Waals surface area contributed by atoms with Crippen LogP contribution in [-0.4, -0.2) is 54.9 Å². The maximum Gasteiger partial charge on any atom is 0.410 e. The molecule has 0 aromatic rings. The highest BCUT2D eigenvalue weighted by Crippen LogP contribution is 2.44. The molecule has 140 valence electrons. The summed E-state index contributed by atoms with van der Waals surface area (Å²) in [5.41, 5.74) is -0.542. The molecule has 25 heavy (non-hydrogen) atoms. The van der Waals surface area contributed by atoms with E-state index in [1.807, 2.05) is 6.92 Å². The van der Waals surface area contributed by atoms with Crippen LogP contribution in [-0.2, 0) is 19.1 Å². The lowest BCUT2D eigenvalue weighted by molar-refractivity contribution is -0.138. The number of aliphatic imine (C=N–C) groups is 1. The summed E-state index contributed by atoms with van der Waals surface area (Å²) in [6, 6.07) is -0.164. The van der Waals surface area contributed by atoms with Gasteiger partial charge in [-0.15, -0.1) is 0 Å². The van der Waals surface area contributed by atoms with Crippen molar-refractivity contribution in [3.05, 3.63) is 12.2 Å². The molecule has 1 amide bonds. The first-order valence-electron chi connectivity index (χ1n) is 8.40. The SMILES string of the molecule is C/C=C/C(=O)OCCOC(=O)N(C)C1(C)CC(N=C=O)CC(C)(C)C1. The number of nitrogens with zero attached hydrogens (tertiary/aromatic N) is 2. The number of ether oxygens (including phenoxy) is 2. The first kappa shape index (κ1) is 20.9. The molecule has 0 heterocycles. The summed E-state index contributed by atoms with van der Waals surface area (Å²) in [5, 5.41) is 0. The third kappa shape index (κ3) is 6.35. The smallest absolute Gasteiger partial charge is 0.410 e. The summed E-state index contributed by atoms with van der Waals surface area (Å²) >= 11 is 0. The van der Waals surface area contributed by atoms with Gasteiger partial charge in [0.2, 0.25) is 6.08 Å². The summed E-state index contributed by atoms with van der Waals surface area (Å²) in [5.74, 6) is -0.470. The van der Waals surface area contributed by atoms with Crippen molar-refractivity contribution in [3.8, 4) is 0 Å². The predicted octanol–water partition coefficient (Wildman–Crippen LogP) is 2.85. The van der Waals surface area contributed by atoms with Crippen molar-refractivity contribution in [3.63, 3.8) is 0 Å². The van der Waals surface area contributed by atoms with Gasteiger partial charge in [0.05, 0.1) is 6.04 Å². The standard InChI is InChI=1S/C18H28N2O5/c1-6-7-15(22)24-8-9-25-16(23)20(5)18(4)11-14(19-13-21)10-17(2,3)12-18/h6-7,14H,8-12H2,1-5H3/b7-6+. The third-order valence-electron chi connectivity index (χ3n) is 4.50. The van der Waals surface area contributed by atoms with Gasteiger partial charge < -0.3 is 14.4 Å². The van der Waals surface area contributed by atoms with Gasteiger partial charge in [-0.2, -0.15) is 0 Å². The second-order valence-electron chi connectivity index (χ2n) is 7.46. The van der Waals surface area contributed by atoms with Crippen molar-refractivity contribution in [2.75, 3.05) is 20.3 Å². The van der Waals surface area contributed by atoms with E-state index in [1.54, 1.807) is 31.0 Å². The summed E-state index contributed by atoms with van der Waals surface area (Å²) in [4.78, 5) is 39.6. The van der Waals surface area contributed by atoms with Crippen LogP contribution in [0.15, 0.2) is 17.1 Å². The normalized spacial score (nSPS) is 25.1. The van der Waals surface area contributed by atoms with E-state index in [9.17, 15) is 14.4 Å². The largest absolute Gasteiger partial charge is 0.459 e. The molecule has 0 N–H and O–H groups in total. The Hall–Kier alpha value is -2.14. The van der Waals surface area contributed by atoms with E-state index in [-0.39, 0.29) is 24.7 Å². The zero-order valence-corrected chi connectivity index (χ0v) is 15.7. The Morgan fingerprint density at radius 3 is 2.48 bits per heavy atom. The number of isocyanates is 1. The van der Waals surface area contributed by atoms with E-state index >= 15 is 0 Å². The van der Waals surface area contributed by atoms with Crippen LogP contribution < -0.4 is 0 Å². The lowest BCUT2D eigenvalue weighted by Crippen LogP contribution is -2.54. The van der Waals surface area contributed by atoms with Crippen molar-refractivity contribution < 1.29 is 23.9 Å². The van der Waals surface area contributed by atoms with Crippen molar-refractivity contribution in [2.45, 2.75) is 58.5 Å². The van der Waals surface area contributed by atoms with Gasteiger partial charge in [0.25, 0.3) is 0 Å². The highest BCUT2D eigenvalue weighted by Gasteiger charge is 2.45. The fourth-order valence-electron chi connectivity index (χ4n) is 3.59. The summed E-state index contributed by atoms with van der Waals surface area (Å²) in [6.45, 7) is 7.86. The lowest BCUT2D eigenvalue weighted by Gasteiger charge is -2.49. The summed E-state index contributed by atoms with van der Waals surface area (Å²) < 4.78 is 10.1. The molecule has 0 saturated heterocycles. The van der Waals surface area contributed by atoms with Crippen molar-refractivity contribution >= 4 is 18.1 Å². The average Bonchev–Trinajstić information content (AvgIpc) is 2.49. The number of hydrogen-bond donors (Lipinski definition) is 0. The number of esters is 1. The minimum atomic E-state index is -0.490. The molecule has 0 aromatic carbocycles. The molecule has 1 aliphatic rings. The fourth-order valence-corrected chi connectivity index (χ4v) is 3.59. The van der Waals surface area contributed by atoms with Crippen LogP contribution in [0, 0.1) is 5.41 Å². The van der Waals surface area contributed by atoms with Gasteiger partial charge in [0.15, 0.2) is 0 Å². The summed E-state index contributed by atoms with van der Waals surface area (Å²) in [7, 11) is 1.68. The van der Waals surface area contributed by atoms with E-state index in [4.69, 9.17) is 9.47 Å². The minimum Gasteiger partial charge on any atom is -0.459 e. The predicted molar refractivity (Wildman–Crippen MR) is 92.8 cm³/mol. The number of allylic oxidation sites excluding steroid dienone is 1. The number of rotatable bonds is 6. The van der Waals surface area contributed by atoms with E-state index in [0.717, 1.165) is 12.8 Å². The van der Waals surface area contributed by atoms with Gasteiger partial charge in [-0.05, 0) is 38.5 Å². The van der Waals surface area contributed by atoms with Gasteiger partial charge in [-0.25, -0.2) is 19.4 Å². The first-order chi connectivity index (χ1) is 11.6. The first-order valence-corrected chi connectivity index (χ1v) is 8.40. The highest BCUT2D eigenvalue weighted by atomic mass is 16.6. The number of amides is 1. The van der Waals surface area contributed by atoms with Crippen molar-refractivity contribution in [1.29, 1.82) is 0 Å². The van der Waals surface area contributed by atoms with Crippen LogP contribution in [0.5, 0.6) is 0 Å². The lowest BCUT2D eigenvalue weighted by atomic mass is 9.66. The zero-order valence-electron chi connectivity index (χ0n) is 15.7. The van der Waals surface area contributed by atoms with Gasteiger partial charge in [0.1, 0.15) is 13.2 Å². The number of carbonyl (C=O) groups excluding carboxylic acids is 3. The van der Waals surface area contributed by atoms with E-state index < -0.39 is 17.6 Å². The van der Waals surface area contributed by atoms with E-state index in [1.165, 1.54) is 6.08 Å². The molecular weight excluding hydrogens is 324 g/mol. The average molecular weight is 352 g/mol. The molecule has 1 fully saturated rings. The second kappa shape index (κ2) is 8.81. The maximum atomic E-state index is 12.3. The van der Waals surface area contributed by atoms with E-state index in [2.05, 4.69) is 18.8 Å². The molecule has 0 aliphatic heterocycles. The van der Waals surface area contributed by atoms with Gasteiger partial charge in [0, 0.05) is 18.7 Å². The number of carbonyl (C=O) groups is 2.